The maximum absolute atomic E-state index is 15.4. The number of benzene rings is 3. The van der Waals surface area contributed by atoms with Gasteiger partial charge >= 0.3 is 0 Å². The van der Waals surface area contributed by atoms with E-state index in [1.54, 1.807) is 60.7 Å². The Hall–Kier alpha value is -3.90. The highest BCUT2D eigenvalue weighted by Crippen LogP contribution is 2.28. The lowest BCUT2D eigenvalue weighted by Gasteiger charge is -2.40. The first-order chi connectivity index (χ1) is 21.6. The van der Waals surface area contributed by atoms with Crippen molar-refractivity contribution in [1.29, 1.82) is 0 Å². The summed E-state index contributed by atoms with van der Waals surface area (Å²) in [6.07, 6.45) is 3.25. The van der Waals surface area contributed by atoms with Crippen LogP contribution in [0.4, 0.5) is 20.2 Å². The van der Waals surface area contributed by atoms with Crippen LogP contribution in [0.2, 0.25) is 5.02 Å². The topological polar surface area (TPSA) is 103 Å². The number of pyridine rings is 1. The van der Waals surface area contributed by atoms with Gasteiger partial charge in [0.15, 0.2) is 0 Å². The van der Waals surface area contributed by atoms with Crippen LogP contribution in [0.3, 0.4) is 0 Å². The van der Waals surface area contributed by atoms with Crippen LogP contribution in [0, 0.1) is 11.6 Å². The van der Waals surface area contributed by atoms with E-state index in [2.05, 4.69) is 20.9 Å². The minimum absolute atomic E-state index is 0.176. The number of carbonyl (C=O) groups excluding carboxylic acids is 1. The Kier molecular flexibility index (Phi) is 10.4. The zero-order chi connectivity index (χ0) is 32.0. The lowest BCUT2D eigenvalue weighted by Crippen LogP contribution is -2.58. The molecule has 1 saturated heterocycles. The minimum atomic E-state index is -3.80. The molecule has 3 N–H and O–H groups in total. The number of amides is 1. The Bertz CT molecular complexity index is 1730. The minimum Gasteiger partial charge on any atom is -0.372 e. The molecule has 0 spiro atoms. The number of anilines is 2. The summed E-state index contributed by atoms with van der Waals surface area (Å²) in [5.41, 5.74) is 1.65. The van der Waals surface area contributed by atoms with Crippen LogP contribution in [0.25, 0.3) is 0 Å². The van der Waals surface area contributed by atoms with Gasteiger partial charge in [-0.25, -0.2) is 17.2 Å². The first-order valence-electron chi connectivity index (χ1n) is 14.6. The van der Waals surface area contributed by atoms with Gasteiger partial charge in [0.25, 0.3) is 0 Å². The van der Waals surface area contributed by atoms with Crippen LogP contribution in [-0.4, -0.2) is 54.8 Å². The van der Waals surface area contributed by atoms with Crippen molar-refractivity contribution >= 4 is 38.9 Å². The molecule has 4 aromatic rings. The quantitative estimate of drug-likeness (QED) is 0.193. The maximum Gasteiger partial charge on any atom is 0.247 e. The van der Waals surface area contributed by atoms with Crippen molar-refractivity contribution in [1.82, 2.24) is 14.6 Å². The third kappa shape index (κ3) is 8.04. The number of hydrogen-bond acceptors (Lipinski definition) is 6. The smallest absolute Gasteiger partial charge is 0.247 e. The van der Waals surface area contributed by atoms with E-state index < -0.39 is 39.6 Å². The molecule has 3 atom stereocenters. The molecule has 1 fully saturated rings. The van der Waals surface area contributed by atoms with E-state index in [9.17, 15) is 17.6 Å². The van der Waals surface area contributed by atoms with Gasteiger partial charge in [0, 0.05) is 47.9 Å². The number of rotatable bonds is 11. The fourth-order valence-corrected chi connectivity index (χ4v) is 7.57. The van der Waals surface area contributed by atoms with Gasteiger partial charge in [0.1, 0.15) is 17.7 Å². The van der Waals surface area contributed by atoms with Gasteiger partial charge in [-0.3, -0.25) is 9.78 Å². The van der Waals surface area contributed by atoms with Gasteiger partial charge < -0.3 is 16.0 Å². The van der Waals surface area contributed by atoms with E-state index in [0.717, 1.165) is 11.8 Å². The van der Waals surface area contributed by atoms with E-state index in [-0.39, 0.29) is 35.0 Å². The normalized spacial score (nSPS) is 17.9. The number of nitrogens with zero attached hydrogens (tertiary/aromatic N) is 2. The Labute approximate surface area is 266 Å². The largest absolute Gasteiger partial charge is 0.372 e. The molecule has 45 heavy (non-hydrogen) atoms. The summed E-state index contributed by atoms with van der Waals surface area (Å²) in [6.45, 7) is 2.74. The molecule has 0 saturated carbocycles. The molecule has 12 heteroatoms. The van der Waals surface area contributed by atoms with Gasteiger partial charge in [0.05, 0.1) is 23.0 Å². The number of piperazine rings is 1. The molecular weight excluding hydrogens is 620 g/mol. The number of nitrogens with one attached hydrogen (secondary N) is 3. The molecule has 3 aromatic carbocycles. The fourth-order valence-electron chi connectivity index (χ4n) is 5.58. The van der Waals surface area contributed by atoms with E-state index >= 15 is 4.39 Å². The SMILES string of the molecule is C[C@@H]1CNC[C@H](CCc2c(F)cncc2N[C@@H](Cc2ccc(Cl)cc2)C(=O)Nc2cccc(F)c2)N1S(=O)(=O)c1ccccc1. The van der Waals surface area contributed by atoms with Crippen LogP contribution in [-0.2, 0) is 27.7 Å². The van der Waals surface area contributed by atoms with E-state index in [1.807, 2.05) is 6.92 Å². The second-order valence-electron chi connectivity index (χ2n) is 11.0. The van der Waals surface area contributed by atoms with E-state index in [0.29, 0.717) is 30.2 Å². The second-order valence-corrected chi connectivity index (χ2v) is 13.3. The van der Waals surface area contributed by atoms with Crippen molar-refractivity contribution in [3.05, 3.63) is 119 Å². The fraction of sp³-hybridized carbons (Fsp3) is 0.273. The number of aromatic nitrogens is 1. The average Bonchev–Trinajstić information content (AvgIpc) is 3.02. The van der Waals surface area contributed by atoms with Crippen LogP contribution in [0.15, 0.2) is 96.2 Å². The summed E-state index contributed by atoms with van der Waals surface area (Å²) in [5, 5.41) is 9.73. The predicted octanol–water partition coefficient (Wildman–Crippen LogP) is 5.66. The van der Waals surface area contributed by atoms with Crippen LogP contribution in [0.5, 0.6) is 0 Å². The van der Waals surface area contributed by atoms with E-state index in [1.165, 1.54) is 28.7 Å². The maximum atomic E-state index is 15.4. The molecule has 8 nitrogen and oxygen atoms in total. The molecule has 236 valence electrons. The third-order valence-electron chi connectivity index (χ3n) is 7.76. The Morgan fingerprint density at radius 1 is 1.04 bits per heavy atom. The first kappa shape index (κ1) is 32.5. The number of sulfonamides is 1. The number of carbonyl (C=O) groups is 1. The predicted molar refractivity (Wildman–Crippen MR) is 172 cm³/mol. The number of hydrogen-bond donors (Lipinski definition) is 3. The standard InChI is InChI=1S/C33H34ClF2N5O3S/c1-22-18-37-19-27(41(22)45(43,44)28-8-3-2-4-9-28)14-15-29-30(36)20-38-21-32(29)40-31(16-23-10-12-24(34)13-11-23)33(42)39-26-7-5-6-25(35)17-26/h2-13,17,20-22,27,31,37,40H,14-16,18-19H2,1H3,(H,39,42)/t22-,27+,31+/m1/s1. The Balaban J connectivity index is 1.39. The molecule has 5 rings (SSSR count). The Morgan fingerprint density at radius 3 is 2.53 bits per heavy atom. The lowest BCUT2D eigenvalue weighted by atomic mass is 10.0. The zero-order valence-electron chi connectivity index (χ0n) is 24.6. The van der Waals surface area contributed by atoms with Gasteiger partial charge in [0.2, 0.25) is 15.9 Å². The molecule has 0 unspecified atom stereocenters. The van der Waals surface area contributed by atoms with Crippen molar-refractivity contribution in [3.8, 4) is 0 Å². The summed E-state index contributed by atoms with van der Waals surface area (Å²) in [5.74, 6) is -1.54. The van der Waals surface area contributed by atoms with Crippen molar-refractivity contribution < 1.29 is 22.0 Å². The summed E-state index contributed by atoms with van der Waals surface area (Å²) in [6, 6.07) is 19.2. The van der Waals surface area contributed by atoms with Crippen molar-refractivity contribution in [2.45, 2.75) is 49.2 Å². The summed E-state index contributed by atoms with van der Waals surface area (Å²) < 4.78 is 58.1. The van der Waals surface area contributed by atoms with Crippen LogP contribution in [0.1, 0.15) is 24.5 Å². The van der Waals surface area contributed by atoms with Gasteiger partial charge in [-0.15, -0.1) is 0 Å². The Morgan fingerprint density at radius 2 is 1.80 bits per heavy atom. The molecule has 2 heterocycles. The van der Waals surface area contributed by atoms with Gasteiger partial charge in [-0.2, -0.15) is 4.31 Å². The lowest BCUT2D eigenvalue weighted by molar-refractivity contribution is -0.116. The molecule has 0 aliphatic carbocycles. The molecule has 1 aliphatic heterocycles. The second kappa shape index (κ2) is 14.5. The molecule has 0 bridgehead atoms. The van der Waals surface area contributed by atoms with Gasteiger partial charge in [-0.05, 0) is 67.8 Å². The average molecular weight is 654 g/mol. The molecule has 0 radical (unpaired) electrons. The summed E-state index contributed by atoms with van der Waals surface area (Å²) >= 11 is 6.06. The van der Waals surface area contributed by atoms with E-state index in [4.69, 9.17) is 11.6 Å². The highest BCUT2D eigenvalue weighted by atomic mass is 35.5. The van der Waals surface area contributed by atoms with Crippen molar-refractivity contribution in [2.75, 3.05) is 23.7 Å². The molecule has 1 aromatic heterocycles. The molecular formula is C33H34ClF2N5O3S. The molecule has 1 amide bonds. The third-order valence-corrected chi connectivity index (χ3v) is 10.1. The first-order valence-corrected chi connectivity index (χ1v) is 16.4. The monoisotopic (exact) mass is 653 g/mol. The summed E-state index contributed by atoms with van der Waals surface area (Å²) in [4.78, 5) is 17.7. The highest BCUT2D eigenvalue weighted by molar-refractivity contribution is 7.89. The number of halogens is 3. The zero-order valence-corrected chi connectivity index (χ0v) is 26.2. The van der Waals surface area contributed by atoms with Gasteiger partial charge in [-0.1, -0.05) is 48.0 Å². The molecule has 1 aliphatic rings. The summed E-state index contributed by atoms with van der Waals surface area (Å²) in [7, 11) is -3.80. The highest BCUT2D eigenvalue weighted by Gasteiger charge is 2.38. The van der Waals surface area contributed by atoms with Crippen LogP contribution >= 0.6 is 11.6 Å². The van der Waals surface area contributed by atoms with Crippen molar-refractivity contribution in [2.24, 2.45) is 0 Å². The van der Waals surface area contributed by atoms with Crippen molar-refractivity contribution in [3.63, 3.8) is 0 Å². The van der Waals surface area contributed by atoms with Crippen LogP contribution < -0.4 is 16.0 Å².